The van der Waals surface area contributed by atoms with Crippen LogP contribution in [0.3, 0.4) is 0 Å². The number of esters is 2. The monoisotopic (exact) mass is 508 g/mol. The Morgan fingerprint density at radius 3 is 2.42 bits per heavy atom. The molecule has 2 aromatic carbocycles. The number of ether oxygens (including phenoxy) is 4. The molecule has 2 heterocycles. The summed E-state index contributed by atoms with van der Waals surface area (Å²) in [6, 6.07) is 11.4. The summed E-state index contributed by atoms with van der Waals surface area (Å²) in [7, 11) is 4.27. The molecule has 1 unspecified atom stereocenters. The molecule has 0 bridgehead atoms. The molecule has 10 heteroatoms. The quantitative estimate of drug-likeness (QED) is 0.372. The van der Waals surface area contributed by atoms with Crippen molar-refractivity contribution in [3.63, 3.8) is 0 Å². The minimum Gasteiger partial charge on any atom is -0.496 e. The predicted molar refractivity (Wildman–Crippen MR) is 133 cm³/mol. The van der Waals surface area contributed by atoms with Gasteiger partial charge in [0, 0.05) is 12.5 Å². The molecule has 1 aliphatic heterocycles. The van der Waals surface area contributed by atoms with Crippen molar-refractivity contribution in [2.45, 2.75) is 19.9 Å². The van der Waals surface area contributed by atoms with Gasteiger partial charge >= 0.3 is 11.9 Å². The molecule has 0 radical (unpaired) electrons. The first-order valence-electron chi connectivity index (χ1n) is 10.9. The van der Waals surface area contributed by atoms with Crippen LogP contribution in [0.2, 0.25) is 0 Å². The van der Waals surface area contributed by atoms with E-state index < -0.39 is 18.0 Å². The fourth-order valence-corrected chi connectivity index (χ4v) is 5.07. The van der Waals surface area contributed by atoms with E-state index in [2.05, 4.69) is 4.99 Å². The van der Waals surface area contributed by atoms with Crippen molar-refractivity contribution in [3.8, 4) is 17.2 Å². The molecule has 36 heavy (non-hydrogen) atoms. The van der Waals surface area contributed by atoms with Crippen LogP contribution in [0.25, 0.3) is 6.08 Å². The number of aromatic nitrogens is 1. The van der Waals surface area contributed by atoms with Crippen LogP contribution in [0.1, 0.15) is 31.0 Å². The summed E-state index contributed by atoms with van der Waals surface area (Å²) < 4.78 is 23.0. The summed E-state index contributed by atoms with van der Waals surface area (Å²) in [5, 5.41) is 0. The van der Waals surface area contributed by atoms with Crippen molar-refractivity contribution in [1.29, 1.82) is 0 Å². The molecule has 4 rings (SSSR count). The van der Waals surface area contributed by atoms with E-state index in [0.717, 1.165) is 5.56 Å². The zero-order chi connectivity index (χ0) is 26.0. The second-order valence-electron chi connectivity index (χ2n) is 7.82. The van der Waals surface area contributed by atoms with Crippen LogP contribution < -0.4 is 29.1 Å². The van der Waals surface area contributed by atoms with Crippen molar-refractivity contribution in [2.75, 3.05) is 21.3 Å². The number of allylic oxidation sites excluding steroid dienone is 1. The number of nitrogens with zero attached hydrogens (tertiary/aromatic N) is 2. The predicted octanol–water partition coefficient (Wildman–Crippen LogP) is 2.35. The van der Waals surface area contributed by atoms with E-state index in [9.17, 15) is 14.4 Å². The van der Waals surface area contributed by atoms with Crippen LogP contribution in [0.5, 0.6) is 17.2 Å². The van der Waals surface area contributed by atoms with Crippen molar-refractivity contribution in [2.24, 2.45) is 4.99 Å². The average molecular weight is 509 g/mol. The second kappa shape index (κ2) is 10.2. The van der Waals surface area contributed by atoms with Gasteiger partial charge in [0.25, 0.3) is 5.56 Å². The van der Waals surface area contributed by atoms with Gasteiger partial charge in [0.05, 0.1) is 43.2 Å². The highest BCUT2D eigenvalue weighted by atomic mass is 32.1. The van der Waals surface area contributed by atoms with Gasteiger partial charge in [-0.3, -0.25) is 14.2 Å². The van der Waals surface area contributed by atoms with E-state index in [0.29, 0.717) is 26.3 Å². The van der Waals surface area contributed by atoms with E-state index >= 15 is 0 Å². The molecule has 186 valence electrons. The molecule has 1 aliphatic rings. The third kappa shape index (κ3) is 4.55. The third-order valence-corrected chi connectivity index (χ3v) is 6.59. The standard InChI is InChI=1S/C26H24N2O7S/c1-14-22(25(31)34-5)23(17-10-11-19(35-15(2)29)20(12-17)33-4)28-24(30)21(36-26(28)27-14)13-16-8-6-7-9-18(16)32-3/h6-13,23H,1-5H3. The SMILES string of the molecule is COC(=O)C1=C(C)N=c2sc(=Cc3ccccc3OC)c(=O)n2C1c1ccc(OC(C)=O)c(OC)c1. The van der Waals surface area contributed by atoms with E-state index in [1.54, 1.807) is 38.3 Å². The lowest BCUT2D eigenvalue weighted by atomic mass is 9.95. The molecule has 1 atom stereocenters. The number of fused-ring (bicyclic) bond motifs is 1. The largest absolute Gasteiger partial charge is 0.496 e. The smallest absolute Gasteiger partial charge is 0.338 e. The van der Waals surface area contributed by atoms with Gasteiger partial charge in [-0.2, -0.15) is 0 Å². The first-order chi connectivity index (χ1) is 17.3. The first-order valence-corrected chi connectivity index (χ1v) is 11.7. The van der Waals surface area contributed by atoms with E-state index in [-0.39, 0.29) is 22.6 Å². The highest BCUT2D eigenvalue weighted by Crippen LogP contribution is 2.36. The first kappa shape index (κ1) is 24.9. The molecule has 3 aromatic rings. The summed E-state index contributed by atoms with van der Waals surface area (Å²) in [5.41, 5.74) is 1.61. The van der Waals surface area contributed by atoms with Gasteiger partial charge in [-0.1, -0.05) is 35.6 Å². The molecular weight excluding hydrogens is 484 g/mol. The van der Waals surface area contributed by atoms with Gasteiger partial charge in [0.2, 0.25) is 0 Å². The highest BCUT2D eigenvalue weighted by molar-refractivity contribution is 7.07. The highest BCUT2D eigenvalue weighted by Gasteiger charge is 2.33. The van der Waals surface area contributed by atoms with Crippen molar-refractivity contribution >= 4 is 29.4 Å². The summed E-state index contributed by atoms with van der Waals surface area (Å²) in [4.78, 5) is 43.0. The molecule has 0 spiro atoms. The molecule has 0 saturated heterocycles. The zero-order valence-corrected chi connectivity index (χ0v) is 21.2. The fraction of sp³-hybridized carbons (Fsp3) is 0.231. The molecule has 0 N–H and O–H groups in total. The minimum atomic E-state index is -0.839. The number of carbonyl (C=O) groups is 2. The summed E-state index contributed by atoms with van der Waals surface area (Å²) in [6.45, 7) is 2.98. The van der Waals surface area contributed by atoms with Crippen LogP contribution in [0.4, 0.5) is 0 Å². The van der Waals surface area contributed by atoms with Gasteiger partial charge in [-0.15, -0.1) is 0 Å². The molecular formula is C26H24N2O7S. The van der Waals surface area contributed by atoms with E-state index in [1.807, 2.05) is 24.3 Å². The molecule has 0 amide bonds. The normalized spacial score (nSPS) is 15.1. The fourth-order valence-electron chi connectivity index (χ4n) is 4.03. The number of hydrogen-bond acceptors (Lipinski definition) is 9. The Morgan fingerprint density at radius 1 is 1.03 bits per heavy atom. The Morgan fingerprint density at radius 2 is 1.75 bits per heavy atom. The maximum absolute atomic E-state index is 13.7. The van der Waals surface area contributed by atoms with Crippen molar-refractivity contribution in [1.82, 2.24) is 4.57 Å². The van der Waals surface area contributed by atoms with Crippen LogP contribution >= 0.6 is 11.3 Å². The maximum atomic E-state index is 13.7. The Labute approximate surface area is 210 Å². The molecule has 0 aliphatic carbocycles. The van der Waals surface area contributed by atoms with Gasteiger partial charge < -0.3 is 18.9 Å². The average Bonchev–Trinajstić information content (AvgIpc) is 3.17. The molecule has 1 aromatic heterocycles. The van der Waals surface area contributed by atoms with Gasteiger partial charge in [-0.05, 0) is 36.8 Å². The van der Waals surface area contributed by atoms with Crippen molar-refractivity contribution in [3.05, 3.63) is 84.5 Å². The Hall–Kier alpha value is -4.18. The number of thiazole rings is 1. The third-order valence-electron chi connectivity index (χ3n) is 5.61. The van der Waals surface area contributed by atoms with Crippen molar-refractivity contribution < 1.29 is 28.5 Å². The number of benzene rings is 2. The number of methoxy groups -OCH3 is 3. The Kier molecular flexibility index (Phi) is 7.07. The number of carbonyl (C=O) groups excluding carboxylic acids is 2. The van der Waals surface area contributed by atoms with Crippen LogP contribution in [0, 0.1) is 0 Å². The zero-order valence-electron chi connectivity index (χ0n) is 20.4. The maximum Gasteiger partial charge on any atom is 0.338 e. The van der Waals surface area contributed by atoms with E-state index in [1.165, 1.54) is 37.0 Å². The lowest BCUT2D eigenvalue weighted by Gasteiger charge is -2.25. The number of hydrogen-bond donors (Lipinski definition) is 0. The van der Waals surface area contributed by atoms with Gasteiger partial charge in [0.15, 0.2) is 16.3 Å². The van der Waals surface area contributed by atoms with Gasteiger partial charge in [0.1, 0.15) is 5.75 Å². The summed E-state index contributed by atoms with van der Waals surface area (Å²) in [6.07, 6.45) is 1.74. The lowest BCUT2D eigenvalue weighted by Crippen LogP contribution is -2.39. The summed E-state index contributed by atoms with van der Waals surface area (Å²) in [5.74, 6) is 0.00661. The Bertz CT molecular complexity index is 1570. The topological polar surface area (TPSA) is 105 Å². The van der Waals surface area contributed by atoms with Crippen LogP contribution in [0.15, 0.2) is 63.5 Å². The van der Waals surface area contributed by atoms with Crippen LogP contribution in [-0.4, -0.2) is 37.8 Å². The lowest BCUT2D eigenvalue weighted by molar-refractivity contribution is -0.136. The van der Waals surface area contributed by atoms with E-state index in [4.69, 9.17) is 18.9 Å². The molecule has 0 fully saturated rings. The number of rotatable bonds is 6. The minimum absolute atomic E-state index is 0.219. The molecule has 9 nitrogen and oxygen atoms in total. The second-order valence-corrected chi connectivity index (χ2v) is 8.83. The van der Waals surface area contributed by atoms with Crippen LogP contribution in [-0.2, 0) is 14.3 Å². The number of para-hydroxylation sites is 1. The van der Waals surface area contributed by atoms with Gasteiger partial charge in [-0.25, -0.2) is 9.79 Å². The summed E-state index contributed by atoms with van der Waals surface area (Å²) >= 11 is 1.21. The molecule has 0 saturated carbocycles. The Balaban J connectivity index is 1.97.